The third-order valence-corrected chi connectivity index (χ3v) is 2.92. The van der Waals surface area contributed by atoms with Crippen molar-refractivity contribution in [2.75, 3.05) is 13.7 Å². The van der Waals surface area contributed by atoms with E-state index < -0.39 is 0 Å². The quantitative estimate of drug-likeness (QED) is 0.781. The number of hydrogen-bond donors (Lipinski definition) is 2. The van der Waals surface area contributed by atoms with Gasteiger partial charge >= 0.3 is 0 Å². The highest BCUT2D eigenvalue weighted by Gasteiger charge is 2.17. The number of hydrogen-bond acceptors (Lipinski definition) is 3. The van der Waals surface area contributed by atoms with Gasteiger partial charge in [0.05, 0.1) is 7.11 Å². The van der Waals surface area contributed by atoms with E-state index in [1.807, 2.05) is 12.1 Å². The number of methoxy groups -OCH3 is 1. The molecule has 82 valence electrons. The molecule has 0 bridgehead atoms. The van der Waals surface area contributed by atoms with Crippen LogP contribution in [0.3, 0.4) is 0 Å². The molecule has 1 aromatic rings. The minimum absolute atomic E-state index is 0.296. The lowest BCUT2D eigenvalue weighted by atomic mass is 9.97. The summed E-state index contributed by atoms with van der Waals surface area (Å²) >= 11 is 0. The van der Waals surface area contributed by atoms with Crippen LogP contribution in [0.4, 0.5) is 0 Å². The standard InChI is InChI=1S/C12H17NO2/c1-15-9-5-6-10(12(14)8-9)11-4-2-3-7-13-11/h5-6,8,11,13-14H,2-4,7H2,1H3. The molecule has 0 aromatic heterocycles. The fourth-order valence-electron chi connectivity index (χ4n) is 2.06. The predicted molar refractivity (Wildman–Crippen MR) is 59.3 cm³/mol. The van der Waals surface area contributed by atoms with Crippen molar-refractivity contribution < 1.29 is 9.84 Å². The third kappa shape index (κ3) is 2.23. The Kier molecular flexibility index (Phi) is 3.11. The van der Waals surface area contributed by atoms with Gasteiger partial charge in [-0.1, -0.05) is 12.5 Å². The summed E-state index contributed by atoms with van der Waals surface area (Å²) in [6.45, 7) is 1.04. The molecule has 0 radical (unpaired) electrons. The maximum Gasteiger partial charge on any atom is 0.124 e. The molecule has 1 aromatic carbocycles. The summed E-state index contributed by atoms with van der Waals surface area (Å²) < 4.78 is 5.06. The first-order valence-corrected chi connectivity index (χ1v) is 5.41. The Morgan fingerprint density at radius 3 is 2.87 bits per heavy atom. The van der Waals surface area contributed by atoms with Gasteiger partial charge in [-0.15, -0.1) is 0 Å². The van der Waals surface area contributed by atoms with E-state index in [0.29, 0.717) is 17.5 Å². The minimum Gasteiger partial charge on any atom is -0.507 e. The fourth-order valence-corrected chi connectivity index (χ4v) is 2.06. The van der Waals surface area contributed by atoms with E-state index in [-0.39, 0.29) is 0 Å². The molecule has 1 aliphatic rings. The number of rotatable bonds is 2. The second kappa shape index (κ2) is 4.53. The van der Waals surface area contributed by atoms with E-state index in [1.54, 1.807) is 13.2 Å². The Hall–Kier alpha value is -1.22. The topological polar surface area (TPSA) is 41.5 Å². The van der Waals surface area contributed by atoms with E-state index in [9.17, 15) is 5.11 Å². The summed E-state index contributed by atoms with van der Waals surface area (Å²) in [5, 5.41) is 13.3. The van der Waals surface area contributed by atoms with Gasteiger partial charge in [-0.05, 0) is 25.5 Å². The largest absolute Gasteiger partial charge is 0.507 e. The number of phenolic OH excluding ortho intramolecular Hbond substituents is 1. The van der Waals surface area contributed by atoms with Crippen LogP contribution in [-0.2, 0) is 0 Å². The molecule has 3 nitrogen and oxygen atoms in total. The van der Waals surface area contributed by atoms with Crippen LogP contribution in [0.2, 0.25) is 0 Å². The molecule has 1 atom stereocenters. The first-order chi connectivity index (χ1) is 7.31. The first kappa shape index (κ1) is 10.3. The van der Waals surface area contributed by atoms with Crippen molar-refractivity contribution in [3.05, 3.63) is 23.8 Å². The van der Waals surface area contributed by atoms with Gasteiger partial charge in [0.2, 0.25) is 0 Å². The zero-order chi connectivity index (χ0) is 10.7. The lowest BCUT2D eigenvalue weighted by Gasteiger charge is -2.24. The maximum absolute atomic E-state index is 9.85. The molecule has 1 fully saturated rings. The molecule has 3 heteroatoms. The van der Waals surface area contributed by atoms with Crippen molar-refractivity contribution in [3.8, 4) is 11.5 Å². The van der Waals surface area contributed by atoms with Crippen molar-refractivity contribution >= 4 is 0 Å². The van der Waals surface area contributed by atoms with Gasteiger partial charge in [-0.25, -0.2) is 0 Å². The normalized spacial score (nSPS) is 21.3. The molecule has 2 rings (SSSR count). The Morgan fingerprint density at radius 1 is 1.40 bits per heavy atom. The SMILES string of the molecule is COc1ccc(C2CCCCN2)c(O)c1. The smallest absolute Gasteiger partial charge is 0.124 e. The van der Waals surface area contributed by atoms with Crippen molar-refractivity contribution in [3.63, 3.8) is 0 Å². The Morgan fingerprint density at radius 2 is 2.27 bits per heavy atom. The van der Waals surface area contributed by atoms with E-state index in [4.69, 9.17) is 4.74 Å². The van der Waals surface area contributed by atoms with Gasteiger partial charge in [0.1, 0.15) is 11.5 Å². The zero-order valence-electron chi connectivity index (χ0n) is 8.99. The van der Waals surface area contributed by atoms with Crippen LogP contribution in [0.5, 0.6) is 11.5 Å². The van der Waals surface area contributed by atoms with E-state index in [1.165, 1.54) is 12.8 Å². The van der Waals surface area contributed by atoms with Crippen molar-refractivity contribution in [1.29, 1.82) is 0 Å². The summed E-state index contributed by atoms with van der Waals surface area (Å²) in [6, 6.07) is 5.80. The summed E-state index contributed by atoms with van der Waals surface area (Å²) in [5.41, 5.74) is 0.982. The van der Waals surface area contributed by atoms with Crippen LogP contribution in [0.15, 0.2) is 18.2 Å². The zero-order valence-corrected chi connectivity index (χ0v) is 8.99. The van der Waals surface area contributed by atoms with Gasteiger partial charge in [0, 0.05) is 17.7 Å². The molecule has 0 saturated carbocycles. The van der Waals surface area contributed by atoms with Crippen molar-refractivity contribution in [1.82, 2.24) is 5.32 Å². The Labute approximate surface area is 90.1 Å². The molecule has 15 heavy (non-hydrogen) atoms. The van der Waals surface area contributed by atoms with Crippen LogP contribution in [0.25, 0.3) is 0 Å². The number of aromatic hydroxyl groups is 1. The van der Waals surface area contributed by atoms with Gasteiger partial charge in [0.15, 0.2) is 0 Å². The average Bonchev–Trinajstić information content (AvgIpc) is 2.30. The van der Waals surface area contributed by atoms with E-state index >= 15 is 0 Å². The third-order valence-electron chi connectivity index (χ3n) is 2.92. The highest BCUT2D eigenvalue weighted by Crippen LogP contribution is 2.32. The summed E-state index contributed by atoms with van der Waals surface area (Å²) in [4.78, 5) is 0. The van der Waals surface area contributed by atoms with Crippen LogP contribution >= 0.6 is 0 Å². The van der Waals surface area contributed by atoms with Gasteiger partial charge < -0.3 is 15.2 Å². The van der Waals surface area contributed by atoms with Gasteiger partial charge in [0.25, 0.3) is 0 Å². The lowest BCUT2D eigenvalue weighted by molar-refractivity contribution is 0.383. The molecule has 1 heterocycles. The molecule has 1 unspecified atom stereocenters. The molecular formula is C12H17NO2. The molecule has 1 aliphatic heterocycles. The van der Waals surface area contributed by atoms with Crippen LogP contribution in [-0.4, -0.2) is 18.8 Å². The molecule has 0 spiro atoms. The van der Waals surface area contributed by atoms with E-state index in [2.05, 4.69) is 5.32 Å². The van der Waals surface area contributed by atoms with Gasteiger partial charge in [-0.2, -0.15) is 0 Å². The summed E-state index contributed by atoms with van der Waals surface area (Å²) in [6.07, 6.45) is 3.55. The Balaban J connectivity index is 2.19. The highest BCUT2D eigenvalue weighted by molar-refractivity contribution is 5.41. The molecule has 0 amide bonds. The number of phenols is 1. The molecule has 2 N–H and O–H groups in total. The summed E-state index contributed by atoms with van der Waals surface area (Å²) in [7, 11) is 1.60. The fraction of sp³-hybridized carbons (Fsp3) is 0.500. The van der Waals surface area contributed by atoms with Crippen LogP contribution < -0.4 is 10.1 Å². The second-order valence-electron chi connectivity index (χ2n) is 3.93. The van der Waals surface area contributed by atoms with Crippen molar-refractivity contribution in [2.45, 2.75) is 25.3 Å². The number of piperidine rings is 1. The molecular weight excluding hydrogens is 190 g/mol. The number of nitrogens with one attached hydrogen (secondary N) is 1. The van der Waals surface area contributed by atoms with Gasteiger partial charge in [-0.3, -0.25) is 0 Å². The number of benzene rings is 1. The maximum atomic E-state index is 9.85. The predicted octanol–water partition coefficient (Wildman–Crippen LogP) is 2.22. The molecule has 1 saturated heterocycles. The van der Waals surface area contributed by atoms with Crippen LogP contribution in [0.1, 0.15) is 30.9 Å². The van der Waals surface area contributed by atoms with Crippen molar-refractivity contribution in [2.24, 2.45) is 0 Å². The molecule has 0 aliphatic carbocycles. The Bertz CT molecular complexity index is 332. The number of ether oxygens (including phenoxy) is 1. The monoisotopic (exact) mass is 207 g/mol. The minimum atomic E-state index is 0.296. The first-order valence-electron chi connectivity index (χ1n) is 5.41. The second-order valence-corrected chi connectivity index (χ2v) is 3.93. The van der Waals surface area contributed by atoms with Crippen LogP contribution in [0, 0.1) is 0 Å². The average molecular weight is 207 g/mol. The highest BCUT2D eigenvalue weighted by atomic mass is 16.5. The lowest BCUT2D eigenvalue weighted by Crippen LogP contribution is -2.26. The van der Waals surface area contributed by atoms with E-state index in [0.717, 1.165) is 18.5 Å². The summed E-state index contributed by atoms with van der Waals surface area (Å²) in [5.74, 6) is 1.03.